The number of amides is 1. The van der Waals surface area contributed by atoms with Gasteiger partial charge in [-0.3, -0.25) is 4.79 Å². The minimum absolute atomic E-state index is 0.110. The molecular weight excluding hydrogens is 321 g/mol. The number of hydrogen-bond donors (Lipinski definition) is 0. The summed E-state index contributed by atoms with van der Waals surface area (Å²) in [5, 5.41) is 1.25. The van der Waals surface area contributed by atoms with Crippen molar-refractivity contribution in [1.82, 2.24) is 4.90 Å². The van der Waals surface area contributed by atoms with E-state index in [4.69, 9.17) is 11.6 Å². The smallest absolute Gasteiger partial charge is 0.256 e. The Morgan fingerprint density at radius 2 is 2.33 bits per heavy atom. The first-order valence-corrected chi connectivity index (χ1v) is 7.42. The van der Waals surface area contributed by atoms with Gasteiger partial charge in [-0.25, -0.2) is 4.39 Å². The minimum Gasteiger partial charge on any atom is -0.338 e. The van der Waals surface area contributed by atoms with Crippen molar-refractivity contribution in [3.8, 4) is 0 Å². The maximum absolute atomic E-state index is 13.7. The van der Waals surface area contributed by atoms with E-state index in [1.807, 2.05) is 0 Å². The molecule has 0 aromatic heterocycles. The summed E-state index contributed by atoms with van der Waals surface area (Å²) in [6.07, 6.45) is 2.04. The van der Waals surface area contributed by atoms with Crippen molar-refractivity contribution < 1.29 is 9.18 Å². The van der Waals surface area contributed by atoms with Crippen molar-refractivity contribution in [2.75, 3.05) is 18.4 Å². The predicted molar refractivity (Wildman–Crippen MR) is 73.8 cm³/mol. The van der Waals surface area contributed by atoms with E-state index in [0.717, 1.165) is 18.2 Å². The van der Waals surface area contributed by atoms with Crippen molar-refractivity contribution in [3.05, 3.63) is 34.6 Å². The Balaban J connectivity index is 2.08. The largest absolute Gasteiger partial charge is 0.338 e. The molecule has 0 saturated carbocycles. The van der Waals surface area contributed by atoms with E-state index in [9.17, 15) is 9.18 Å². The molecule has 1 amide bonds. The highest BCUT2D eigenvalue weighted by Gasteiger charge is 2.27. The molecule has 18 heavy (non-hydrogen) atoms. The summed E-state index contributed by atoms with van der Waals surface area (Å²) in [5.74, 6) is -0.263. The van der Waals surface area contributed by atoms with Crippen molar-refractivity contribution in [2.45, 2.75) is 12.8 Å². The van der Waals surface area contributed by atoms with Crippen LogP contribution in [0.2, 0.25) is 5.02 Å². The molecule has 2 nitrogen and oxygen atoms in total. The van der Waals surface area contributed by atoms with Crippen molar-refractivity contribution in [1.29, 1.82) is 0 Å². The molecule has 1 unspecified atom stereocenters. The summed E-state index contributed by atoms with van der Waals surface area (Å²) in [6, 6.07) is 4.18. The number of carbonyl (C=O) groups excluding carboxylic acids is 1. The van der Waals surface area contributed by atoms with Gasteiger partial charge in [0.2, 0.25) is 0 Å². The molecule has 1 aromatic carbocycles. The first kappa shape index (κ1) is 13.8. The zero-order valence-electron chi connectivity index (χ0n) is 9.83. The number of hydrogen-bond acceptors (Lipinski definition) is 1. The van der Waals surface area contributed by atoms with Crippen LogP contribution in [-0.4, -0.2) is 29.2 Å². The molecule has 1 atom stereocenters. The van der Waals surface area contributed by atoms with E-state index in [-0.39, 0.29) is 11.5 Å². The van der Waals surface area contributed by atoms with Gasteiger partial charge in [0.25, 0.3) is 5.91 Å². The Morgan fingerprint density at radius 3 is 3.00 bits per heavy atom. The Hall–Kier alpha value is -0.610. The summed E-state index contributed by atoms with van der Waals surface area (Å²) < 4.78 is 13.7. The Bertz CT molecular complexity index is 455. The maximum Gasteiger partial charge on any atom is 0.256 e. The Morgan fingerprint density at radius 1 is 1.56 bits per heavy atom. The van der Waals surface area contributed by atoms with Gasteiger partial charge < -0.3 is 4.90 Å². The van der Waals surface area contributed by atoms with Crippen molar-refractivity contribution in [3.63, 3.8) is 0 Å². The van der Waals surface area contributed by atoms with Gasteiger partial charge in [0.05, 0.1) is 5.56 Å². The van der Waals surface area contributed by atoms with Crippen LogP contribution in [0.15, 0.2) is 18.2 Å². The van der Waals surface area contributed by atoms with Gasteiger partial charge in [0, 0.05) is 23.4 Å². The van der Waals surface area contributed by atoms with E-state index in [1.54, 1.807) is 11.0 Å². The van der Waals surface area contributed by atoms with Gasteiger partial charge in [-0.2, -0.15) is 0 Å². The topological polar surface area (TPSA) is 20.3 Å². The number of likely N-dealkylation sites (tertiary alicyclic amines) is 1. The second-order valence-electron chi connectivity index (χ2n) is 4.51. The van der Waals surface area contributed by atoms with Crippen LogP contribution in [0.5, 0.6) is 0 Å². The molecule has 2 rings (SSSR count). The van der Waals surface area contributed by atoms with E-state index in [2.05, 4.69) is 15.9 Å². The molecule has 1 aliphatic rings. The van der Waals surface area contributed by atoms with Gasteiger partial charge in [0.1, 0.15) is 5.82 Å². The minimum atomic E-state index is -0.545. The third-order valence-electron chi connectivity index (χ3n) is 3.25. The standard InChI is InChI=1S/C13H14BrClFNO/c14-5-3-9-4-6-17(8-9)13(18)11-2-1-10(15)7-12(11)16/h1-2,7,9H,3-6,8H2. The first-order valence-electron chi connectivity index (χ1n) is 5.92. The summed E-state index contributed by atoms with van der Waals surface area (Å²) >= 11 is 9.08. The Labute approximate surface area is 119 Å². The van der Waals surface area contributed by atoms with Crippen LogP contribution < -0.4 is 0 Å². The summed E-state index contributed by atoms with van der Waals surface area (Å²) in [4.78, 5) is 13.9. The third-order valence-corrected chi connectivity index (χ3v) is 3.94. The molecule has 5 heteroatoms. The van der Waals surface area contributed by atoms with Crippen LogP contribution in [0, 0.1) is 11.7 Å². The molecule has 1 saturated heterocycles. The monoisotopic (exact) mass is 333 g/mol. The second kappa shape index (κ2) is 6.02. The lowest BCUT2D eigenvalue weighted by Gasteiger charge is -2.16. The molecule has 98 valence electrons. The lowest BCUT2D eigenvalue weighted by Crippen LogP contribution is -2.29. The van der Waals surface area contributed by atoms with Crippen molar-refractivity contribution >= 4 is 33.4 Å². The number of benzene rings is 1. The molecule has 1 heterocycles. The normalized spacial score (nSPS) is 19.3. The first-order chi connectivity index (χ1) is 8.61. The molecule has 0 radical (unpaired) electrons. The third kappa shape index (κ3) is 3.04. The molecule has 0 aliphatic carbocycles. The number of halogens is 3. The predicted octanol–water partition coefficient (Wildman–Crippen LogP) is 3.73. The molecule has 0 spiro atoms. The van der Waals surface area contributed by atoms with E-state index >= 15 is 0 Å². The number of alkyl halides is 1. The highest BCUT2D eigenvalue weighted by atomic mass is 79.9. The van der Waals surface area contributed by atoms with Crippen LogP contribution in [0.3, 0.4) is 0 Å². The molecule has 0 bridgehead atoms. The second-order valence-corrected chi connectivity index (χ2v) is 5.74. The lowest BCUT2D eigenvalue weighted by atomic mass is 10.1. The fraction of sp³-hybridized carbons (Fsp3) is 0.462. The number of nitrogens with zero attached hydrogens (tertiary/aromatic N) is 1. The molecular formula is C13H14BrClFNO. The zero-order chi connectivity index (χ0) is 13.1. The van der Waals surface area contributed by atoms with Gasteiger partial charge in [0.15, 0.2) is 0 Å². The van der Waals surface area contributed by atoms with Gasteiger partial charge in [-0.1, -0.05) is 27.5 Å². The highest BCUT2D eigenvalue weighted by Crippen LogP contribution is 2.23. The molecule has 0 N–H and O–H groups in total. The number of rotatable bonds is 3. The fourth-order valence-corrected chi connectivity index (χ4v) is 3.05. The highest BCUT2D eigenvalue weighted by molar-refractivity contribution is 9.09. The maximum atomic E-state index is 13.7. The van der Waals surface area contributed by atoms with Gasteiger partial charge >= 0.3 is 0 Å². The van der Waals surface area contributed by atoms with Gasteiger partial charge in [-0.05, 0) is 37.0 Å². The number of carbonyl (C=O) groups is 1. The van der Waals surface area contributed by atoms with E-state index in [1.165, 1.54) is 12.1 Å². The average Bonchev–Trinajstić information content (AvgIpc) is 2.77. The zero-order valence-corrected chi connectivity index (χ0v) is 12.2. The molecule has 1 aromatic rings. The van der Waals surface area contributed by atoms with Gasteiger partial charge in [-0.15, -0.1) is 0 Å². The van der Waals surface area contributed by atoms with E-state index in [0.29, 0.717) is 24.0 Å². The molecule has 1 aliphatic heterocycles. The van der Waals surface area contributed by atoms with Crippen molar-refractivity contribution in [2.24, 2.45) is 5.92 Å². The van der Waals surface area contributed by atoms with Crippen LogP contribution in [0.25, 0.3) is 0 Å². The van der Waals surface area contributed by atoms with E-state index < -0.39 is 5.82 Å². The Kier molecular flexibility index (Phi) is 4.62. The van der Waals surface area contributed by atoms with Crippen LogP contribution in [0.1, 0.15) is 23.2 Å². The summed E-state index contributed by atoms with van der Waals surface area (Å²) in [6.45, 7) is 1.42. The average molecular weight is 335 g/mol. The van der Waals surface area contributed by atoms with Crippen LogP contribution >= 0.6 is 27.5 Å². The fourth-order valence-electron chi connectivity index (χ4n) is 2.24. The molecule has 1 fully saturated rings. The lowest BCUT2D eigenvalue weighted by molar-refractivity contribution is 0.0782. The quantitative estimate of drug-likeness (QED) is 0.771. The summed E-state index contributed by atoms with van der Waals surface area (Å²) in [7, 11) is 0. The SMILES string of the molecule is O=C(c1ccc(Cl)cc1F)N1CCC(CCBr)C1. The van der Waals surface area contributed by atoms with Crippen LogP contribution in [-0.2, 0) is 0 Å². The summed E-state index contributed by atoms with van der Waals surface area (Å²) in [5.41, 5.74) is 0.110. The van der Waals surface area contributed by atoms with Crippen LogP contribution in [0.4, 0.5) is 4.39 Å².